The van der Waals surface area contributed by atoms with Crippen LogP contribution in [-0.4, -0.2) is 35.0 Å². The lowest BCUT2D eigenvalue weighted by atomic mass is 10.1. The van der Waals surface area contributed by atoms with Crippen molar-refractivity contribution in [2.75, 3.05) is 19.0 Å². The van der Waals surface area contributed by atoms with Gasteiger partial charge in [-0.25, -0.2) is 9.36 Å². The van der Waals surface area contributed by atoms with Crippen LogP contribution in [0, 0.1) is 13.8 Å². The van der Waals surface area contributed by atoms with E-state index in [0.717, 1.165) is 21.4 Å². The number of aryl methyl sites for hydroxylation is 2. The van der Waals surface area contributed by atoms with E-state index in [1.54, 1.807) is 24.3 Å². The highest BCUT2D eigenvalue weighted by Gasteiger charge is 2.14. The van der Waals surface area contributed by atoms with E-state index in [2.05, 4.69) is 9.98 Å². The van der Waals surface area contributed by atoms with Crippen LogP contribution in [-0.2, 0) is 0 Å². The van der Waals surface area contributed by atoms with Gasteiger partial charge in [-0.05, 0) is 61.4 Å². The number of aromatic hydroxyl groups is 1. The van der Waals surface area contributed by atoms with Gasteiger partial charge in [0.25, 0.3) is 5.56 Å². The van der Waals surface area contributed by atoms with Crippen LogP contribution in [0.1, 0.15) is 16.7 Å². The van der Waals surface area contributed by atoms with Crippen LogP contribution in [0.2, 0.25) is 0 Å². The zero-order chi connectivity index (χ0) is 20.4. The molecule has 3 rings (SSSR count). The molecule has 0 radical (unpaired) electrons. The summed E-state index contributed by atoms with van der Waals surface area (Å²) in [7, 11) is 3.87. The maximum Gasteiger partial charge on any atom is 0.335 e. The molecular formula is C21H22N4O3. The number of hydrogen-bond acceptors (Lipinski definition) is 5. The van der Waals surface area contributed by atoms with Gasteiger partial charge in [-0.15, -0.1) is 0 Å². The summed E-state index contributed by atoms with van der Waals surface area (Å²) >= 11 is 0. The molecule has 0 aliphatic carbocycles. The van der Waals surface area contributed by atoms with Crippen molar-refractivity contribution in [3.63, 3.8) is 0 Å². The van der Waals surface area contributed by atoms with Crippen molar-refractivity contribution in [1.82, 2.24) is 9.55 Å². The Hall–Kier alpha value is -3.61. The zero-order valence-corrected chi connectivity index (χ0v) is 16.2. The molecule has 0 saturated carbocycles. The minimum atomic E-state index is -0.710. The van der Waals surface area contributed by atoms with E-state index in [1.165, 1.54) is 6.21 Å². The van der Waals surface area contributed by atoms with Crippen LogP contribution >= 0.6 is 0 Å². The molecule has 0 spiro atoms. The summed E-state index contributed by atoms with van der Waals surface area (Å²) in [5.41, 5.74) is 2.63. The van der Waals surface area contributed by atoms with Gasteiger partial charge in [0.2, 0.25) is 5.88 Å². The minimum absolute atomic E-state index is 0.0884. The molecule has 0 unspecified atom stereocenters. The zero-order valence-electron chi connectivity index (χ0n) is 16.2. The molecule has 3 aromatic rings. The van der Waals surface area contributed by atoms with Crippen LogP contribution in [0.25, 0.3) is 5.69 Å². The van der Waals surface area contributed by atoms with Crippen molar-refractivity contribution in [2.24, 2.45) is 4.99 Å². The highest BCUT2D eigenvalue weighted by molar-refractivity contribution is 5.84. The summed E-state index contributed by atoms with van der Waals surface area (Å²) in [6, 6.07) is 12.7. The van der Waals surface area contributed by atoms with Crippen molar-refractivity contribution >= 4 is 17.6 Å². The van der Waals surface area contributed by atoms with Gasteiger partial charge >= 0.3 is 5.69 Å². The van der Waals surface area contributed by atoms with E-state index in [4.69, 9.17) is 0 Å². The van der Waals surface area contributed by atoms with Crippen molar-refractivity contribution in [1.29, 1.82) is 0 Å². The number of aliphatic imine (C=N–C) groups is 1. The molecule has 1 aromatic heterocycles. The molecule has 28 heavy (non-hydrogen) atoms. The first-order valence-electron chi connectivity index (χ1n) is 8.75. The van der Waals surface area contributed by atoms with Crippen LogP contribution in [0.3, 0.4) is 0 Å². The summed E-state index contributed by atoms with van der Waals surface area (Å²) in [4.78, 5) is 32.9. The Balaban J connectivity index is 2.05. The number of benzene rings is 2. The molecule has 0 atom stereocenters. The number of nitrogens with zero attached hydrogens (tertiary/aromatic N) is 3. The Morgan fingerprint density at radius 3 is 2.32 bits per heavy atom. The van der Waals surface area contributed by atoms with E-state index >= 15 is 0 Å². The highest BCUT2D eigenvalue weighted by atomic mass is 16.3. The molecule has 0 amide bonds. The van der Waals surface area contributed by atoms with Crippen molar-refractivity contribution in [2.45, 2.75) is 13.8 Å². The topological polar surface area (TPSA) is 90.7 Å². The molecule has 0 aliphatic rings. The van der Waals surface area contributed by atoms with Crippen molar-refractivity contribution in [3.8, 4) is 11.6 Å². The molecule has 2 N–H and O–H groups in total. The predicted octanol–water partition coefficient (Wildman–Crippen LogP) is 2.66. The van der Waals surface area contributed by atoms with Crippen LogP contribution in [0.15, 0.2) is 57.0 Å². The molecule has 0 saturated heterocycles. The number of H-pyrrole nitrogens is 1. The Morgan fingerprint density at radius 2 is 1.71 bits per heavy atom. The lowest BCUT2D eigenvalue weighted by molar-refractivity contribution is 0.430. The average molecular weight is 378 g/mol. The first kappa shape index (κ1) is 19.2. The van der Waals surface area contributed by atoms with Crippen molar-refractivity contribution in [3.05, 3.63) is 80.0 Å². The molecule has 2 aromatic carbocycles. The molecule has 7 nitrogen and oxygen atoms in total. The second kappa shape index (κ2) is 7.56. The fourth-order valence-electron chi connectivity index (χ4n) is 2.74. The lowest BCUT2D eigenvalue weighted by Crippen LogP contribution is -2.31. The highest BCUT2D eigenvalue weighted by Crippen LogP contribution is 2.20. The number of rotatable bonds is 4. The fraction of sp³-hybridized carbons (Fsp3) is 0.190. The summed E-state index contributed by atoms with van der Waals surface area (Å²) in [6.45, 7) is 3.86. The SMILES string of the molecule is Cc1ccc(-n2c(O)c(C=Nc3ccc(N(C)C)cc3)c(=O)[nH]c2=O)cc1C. The van der Waals surface area contributed by atoms with Gasteiger partial charge in [0.15, 0.2) is 0 Å². The van der Waals surface area contributed by atoms with Gasteiger partial charge in [0, 0.05) is 26.0 Å². The summed E-state index contributed by atoms with van der Waals surface area (Å²) < 4.78 is 1.06. The smallest absolute Gasteiger partial charge is 0.335 e. The standard InChI is InChI=1S/C21H22N4O3/c1-13-5-8-17(11-14(13)2)25-20(27)18(19(26)23-21(25)28)12-22-15-6-9-16(10-7-15)24(3)4/h5-12,27H,1-4H3,(H,23,26,28). The molecule has 0 fully saturated rings. The number of hydrogen-bond donors (Lipinski definition) is 2. The number of aromatic nitrogens is 2. The lowest BCUT2D eigenvalue weighted by Gasteiger charge is -2.12. The minimum Gasteiger partial charge on any atom is -0.493 e. The molecule has 7 heteroatoms. The Bertz CT molecular complexity index is 1160. The molecular weight excluding hydrogens is 356 g/mol. The third kappa shape index (κ3) is 3.73. The number of aromatic amines is 1. The third-order valence-corrected chi connectivity index (χ3v) is 4.58. The molecule has 0 aliphatic heterocycles. The van der Waals surface area contributed by atoms with Gasteiger partial charge in [-0.3, -0.25) is 14.8 Å². The van der Waals surface area contributed by atoms with Crippen LogP contribution in [0.4, 0.5) is 11.4 Å². The maximum atomic E-state index is 12.3. The van der Waals surface area contributed by atoms with Gasteiger partial charge in [-0.2, -0.15) is 0 Å². The monoisotopic (exact) mass is 378 g/mol. The van der Waals surface area contributed by atoms with Gasteiger partial charge in [-0.1, -0.05) is 6.07 Å². The van der Waals surface area contributed by atoms with Crippen LogP contribution in [0.5, 0.6) is 5.88 Å². The van der Waals surface area contributed by atoms with E-state index in [9.17, 15) is 14.7 Å². The quantitative estimate of drug-likeness (QED) is 0.683. The Kier molecular flexibility index (Phi) is 5.17. The average Bonchev–Trinajstić information content (AvgIpc) is 2.64. The first-order valence-corrected chi connectivity index (χ1v) is 8.75. The van der Waals surface area contributed by atoms with E-state index in [1.807, 2.05) is 51.0 Å². The van der Waals surface area contributed by atoms with E-state index in [-0.39, 0.29) is 5.56 Å². The van der Waals surface area contributed by atoms with Gasteiger partial charge in [0.1, 0.15) is 5.56 Å². The molecule has 144 valence electrons. The van der Waals surface area contributed by atoms with Gasteiger partial charge in [0.05, 0.1) is 11.4 Å². The Morgan fingerprint density at radius 1 is 1.04 bits per heavy atom. The van der Waals surface area contributed by atoms with E-state index < -0.39 is 17.1 Å². The van der Waals surface area contributed by atoms with Gasteiger partial charge < -0.3 is 10.0 Å². The Labute approximate surface area is 162 Å². The molecule has 0 bridgehead atoms. The summed E-state index contributed by atoms with van der Waals surface area (Å²) in [6.07, 6.45) is 1.26. The largest absolute Gasteiger partial charge is 0.493 e. The predicted molar refractivity (Wildman–Crippen MR) is 112 cm³/mol. The normalized spacial score (nSPS) is 11.1. The van der Waals surface area contributed by atoms with Crippen LogP contribution < -0.4 is 16.1 Å². The summed E-state index contributed by atoms with van der Waals surface area (Å²) in [5.74, 6) is -0.453. The second-order valence-electron chi connectivity index (χ2n) is 6.77. The second-order valence-corrected chi connectivity index (χ2v) is 6.77. The molecule has 1 heterocycles. The maximum absolute atomic E-state index is 12.3. The fourth-order valence-corrected chi connectivity index (χ4v) is 2.74. The number of nitrogens with one attached hydrogen (secondary N) is 1. The number of anilines is 1. The third-order valence-electron chi connectivity index (χ3n) is 4.58. The summed E-state index contributed by atoms with van der Waals surface area (Å²) in [5, 5.41) is 10.6. The first-order chi connectivity index (χ1) is 13.3. The van der Waals surface area contributed by atoms with E-state index in [0.29, 0.717) is 11.4 Å². The van der Waals surface area contributed by atoms with Crippen molar-refractivity contribution < 1.29 is 5.11 Å².